The molecule has 9 heteroatoms. The number of alkyl halides is 1. The third kappa shape index (κ3) is 6.33. The highest BCUT2D eigenvalue weighted by molar-refractivity contribution is 6.18. The molecule has 3 rings (SSSR count). The Labute approximate surface area is 203 Å². The largest absolute Gasteiger partial charge is 0.491 e. The van der Waals surface area contributed by atoms with Gasteiger partial charge in [-0.1, -0.05) is 24.3 Å². The number of ether oxygens (including phenoxy) is 2. The van der Waals surface area contributed by atoms with E-state index in [-0.39, 0.29) is 5.82 Å². The molecule has 0 spiro atoms. The summed E-state index contributed by atoms with van der Waals surface area (Å²) in [6.07, 6.45) is 1.63. The van der Waals surface area contributed by atoms with Crippen LogP contribution in [0.1, 0.15) is 16.7 Å². The SMILES string of the molecule is Cc1cc(Oc2ccc(-c3ccc(/C=C(\N)NN(C)O)c(N)c3)cc2)cc(C#N)c1OCCCl. The van der Waals surface area contributed by atoms with E-state index in [0.29, 0.717) is 41.0 Å². The number of nitrogens with zero attached hydrogens (tertiary/aromatic N) is 2. The smallest absolute Gasteiger partial charge is 0.140 e. The van der Waals surface area contributed by atoms with Gasteiger partial charge in [-0.25, -0.2) is 0 Å². The topological polar surface area (TPSA) is 130 Å². The number of nitrogens with two attached hydrogens (primary N) is 2. The average molecular weight is 480 g/mol. The number of aryl methyl sites for hydroxylation is 1. The lowest BCUT2D eigenvalue weighted by Crippen LogP contribution is -2.33. The molecule has 0 atom stereocenters. The number of halogens is 1. The molecule has 0 fully saturated rings. The Balaban J connectivity index is 1.76. The standard InChI is InChI=1S/C25H26ClN5O3/c1-16-11-22(12-20(15-27)25(16)33-10-9-26)34-21-7-5-17(6-8-21)18-3-4-19(23(28)13-18)14-24(29)30-31(2)32/h3-8,11-14,30,32H,9-10,28-29H2,1-2H3/b24-14+. The van der Waals surface area contributed by atoms with Gasteiger partial charge in [0.05, 0.1) is 11.4 Å². The average Bonchev–Trinajstić information content (AvgIpc) is 2.79. The molecule has 0 aromatic heterocycles. The first-order valence-electron chi connectivity index (χ1n) is 10.4. The summed E-state index contributed by atoms with van der Waals surface area (Å²) in [5.41, 5.74) is 18.9. The highest BCUT2D eigenvalue weighted by Crippen LogP contribution is 2.32. The van der Waals surface area contributed by atoms with Gasteiger partial charge in [-0.15, -0.1) is 16.8 Å². The lowest BCUT2D eigenvalue weighted by molar-refractivity contribution is -0.102. The Morgan fingerprint density at radius 2 is 1.85 bits per heavy atom. The summed E-state index contributed by atoms with van der Waals surface area (Å²) in [6.45, 7) is 2.18. The van der Waals surface area contributed by atoms with Crippen LogP contribution < -0.4 is 26.4 Å². The number of benzene rings is 3. The normalized spacial score (nSPS) is 11.2. The van der Waals surface area contributed by atoms with Crippen molar-refractivity contribution in [3.8, 4) is 34.4 Å². The fourth-order valence-electron chi connectivity index (χ4n) is 3.34. The van der Waals surface area contributed by atoms with Crippen molar-refractivity contribution in [3.63, 3.8) is 0 Å². The predicted molar refractivity (Wildman–Crippen MR) is 133 cm³/mol. The molecule has 6 N–H and O–H groups in total. The third-order valence-corrected chi connectivity index (χ3v) is 4.96. The maximum Gasteiger partial charge on any atom is 0.140 e. The lowest BCUT2D eigenvalue weighted by atomic mass is 10.0. The molecule has 0 aliphatic carbocycles. The van der Waals surface area contributed by atoms with Crippen LogP contribution in [0.4, 0.5) is 5.69 Å². The Hall–Kier alpha value is -3.90. The summed E-state index contributed by atoms with van der Waals surface area (Å²) in [5, 5.41) is 19.4. The van der Waals surface area contributed by atoms with Crippen molar-refractivity contribution in [2.24, 2.45) is 5.73 Å². The van der Waals surface area contributed by atoms with Gasteiger partial charge in [-0.2, -0.15) is 5.26 Å². The molecule has 3 aromatic carbocycles. The molecular formula is C25H26ClN5O3. The zero-order valence-electron chi connectivity index (χ0n) is 18.9. The second kappa shape index (κ2) is 11.3. The molecule has 0 saturated heterocycles. The van der Waals surface area contributed by atoms with Gasteiger partial charge < -0.3 is 20.9 Å². The first kappa shape index (κ1) is 24.7. The van der Waals surface area contributed by atoms with Crippen molar-refractivity contribution in [2.45, 2.75) is 6.92 Å². The lowest BCUT2D eigenvalue weighted by Gasteiger charge is -2.13. The van der Waals surface area contributed by atoms with Crippen molar-refractivity contribution in [1.29, 1.82) is 5.26 Å². The van der Waals surface area contributed by atoms with Crippen LogP contribution in [0.15, 0.2) is 60.4 Å². The number of nitrogen functional groups attached to an aromatic ring is 1. The van der Waals surface area contributed by atoms with Crippen molar-refractivity contribution < 1.29 is 14.7 Å². The van der Waals surface area contributed by atoms with Crippen molar-refractivity contribution in [3.05, 3.63) is 77.1 Å². The van der Waals surface area contributed by atoms with Gasteiger partial charge in [0.1, 0.15) is 35.7 Å². The minimum Gasteiger partial charge on any atom is -0.491 e. The highest BCUT2D eigenvalue weighted by Gasteiger charge is 2.11. The molecular weight excluding hydrogens is 454 g/mol. The van der Waals surface area contributed by atoms with Crippen LogP contribution in [0.5, 0.6) is 17.2 Å². The van der Waals surface area contributed by atoms with Crippen LogP contribution in [0.2, 0.25) is 0 Å². The zero-order valence-corrected chi connectivity index (χ0v) is 19.6. The van der Waals surface area contributed by atoms with Gasteiger partial charge in [0.25, 0.3) is 0 Å². The van der Waals surface area contributed by atoms with Gasteiger partial charge in [-0.3, -0.25) is 10.6 Å². The summed E-state index contributed by atoms with van der Waals surface area (Å²) in [4.78, 5) is 0. The van der Waals surface area contributed by atoms with Gasteiger partial charge in [0, 0.05) is 24.4 Å². The number of hydrogen-bond acceptors (Lipinski definition) is 8. The molecule has 176 valence electrons. The summed E-state index contributed by atoms with van der Waals surface area (Å²) in [6, 6.07) is 18.8. The number of nitriles is 1. The number of nitrogens with one attached hydrogen (secondary N) is 1. The minimum absolute atomic E-state index is 0.249. The molecule has 0 aliphatic rings. The first-order valence-corrected chi connectivity index (χ1v) is 10.9. The minimum atomic E-state index is 0.249. The molecule has 34 heavy (non-hydrogen) atoms. The molecule has 8 nitrogen and oxygen atoms in total. The van der Waals surface area contributed by atoms with Crippen molar-refractivity contribution in [1.82, 2.24) is 10.6 Å². The number of hydrazine groups is 1. The van der Waals surface area contributed by atoms with Crippen molar-refractivity contribution >= 4 is 23.4 Å². The van der Waals surface area contributed by atoms with E-state index in [4.69, 9.17) is 32.5 Å². The molecule has 0 saturated carbocycles. The maximum absolute atomic E-state index is 9.47. The quantitative estimate of drug-likeness (QED) is 0.199. The molecule has 3 aromatic rings. The monoisotopic (exact) mass is 479 g/mol. The zero-order chi connectivity index (χ0) is 24.7. The molecule has 0 radical (unpaired) electrons. The van der Waals surface area contributed by atoms with E-state index in [1.54, 1.807) is 12.1 Å². The molecule has 0 bridgehead atoms. The Kier molecular flexibility index (Phi) is 8.22. The number of rotatable bonds is 9. The second-order valence-electron chi connectivity index (χ2n) is 7.47. The predicted octanol–water partition coefficient (Wildman–Crippen LogP) is 4.61. The fraction of sp³-hybridized carbons (Fsp3) is 0.160. The van der Waals surface area contributed by atoms with Crippen LogP contribution in [-0.2, 0) is 0 Å². The van der Waals surface area contributed by atoms with E-state index in [0.717, 1.165) is 27.4 Å². The summed E-state index contributed by atoms with van der Waals surface area (Å²) in [7, 11) is 1.41. The van der Waals surface area contributed by atoms with E-state index in [2.05, 4.69) is 11.5 Å². The van der Waals surface area contributed by atoms with Gasteiger partial charge in [-0.05, 0) is 54.0 Å². The summed E-state index contributed by atoms with van der Waals surface area (Å²) < 4.78 is 11.5. The molecule has 0 aliphatic heterocycles. The maximum atomic E-state index is 9.47. The number of hydroxylamine groups is 1. The van der Waals surface area contributed by atoms with Crippen LogP contribution in [-0.4, -0.2) is 29.9 Å². The molecule has 0 heterocycles. The number of hydrogen-bond donors (Lipinski definition) is 4. The van der Waals surface area contributed by atoms with E-state index in [9.17, 15) is 10.5 Å². The highest BCUT2D eigenvalue weighted by atomic mass is 35.5. The van der Waals surface area contributed by atoms with Crippen LogP contribution in [0, 0.1) is 18.3 Å². The van der Waals surface area contributed by atoms with Crippen molar-refractivity contribution in [2.75, 3.05) is 25.3 Å². The van der Waals surface area contributed by atoms with Gasteiger partial charge in [0.2, 0.25) is 0 Å². The second-order valence-corrected chi connectivity index (χ2v) is 7.85. The van der Waals surface area contributed by atoms with Crippen LogP contribution in [0.3, 0.4) is 0 Å². The first-order chi connectivity index (χ1) is 16.3. The van der Waals surface area contributed by atoms with E-state index in [1.165, 1.54) is 7.05 Å². The summed E-state index contributed by atoms with van der Waals surface area (Å²) >= 11 is 5.69. The fourth-order valence-corrected chi connectivity index (χ4v) is 3.42. The molecule has 0 amide bonds. The van der Waals surface area contributed by atoms with Gasteiger partial charge >= 0.3 is 0 Å². The van der Waals surface area contributed by atoms with Crippen LogP contribution >= 0.6 is 11.6 Å². The van der Waals surface area contributed by atoms with Crippen LogP contribution in [0.25, 0.3) is 17.2 Å². The van der Waals surface area contributed by atoms with E-state index >= 15 is 0 Å². The van der Waals surface area contributed by atoms with E-state index < -0.39 is 0 Å². The third-order valence-electron chi connectivity index (χ3n) is 4.80. The van der Waals surface area contributed by atoms with Gasteiger partial charge in [0.15, 0.2) is 0 Å². The van der Waals surface area contributed by atoms with E-state index in [1.807, 2.05) is 55.5 Å². The number of anilines is 1. The Morgan fingerprint density at radius 1 is 1.15 bits per heavy atom. The Morgan fingerprint density at radius 3 is 2.47 bits per heavy atom. The summed E-state index contributed by atoms with van der Waals surface area (Å²) in [5.74, 6) is 2.27. The molecule has 0 unspecified atom stereocenters. The Bertz CT molecular complexity index is 1220.